The Morgan fingerprint density at radius 2 is 1.77 bits per heavy atom. The highest BCUT2D eigenvalue weighted by atomic mass is 16.5. The van der Waals surface area contributed by atoms with E-state index in [-0.39, 0.29) is 5.56 Å². The molecule has 0 amide bonds. The molecule has 0 spiro atoms. The standard InChI is InChI=1S/C22H20N6O3/c1-25-19-18(20(29)26(2)22(25)30)28-13-17(14-7-9-16(31-3)10-8-14)27(21(28)24-19)12-15-6-4-5-11-23-15/h4-11,13H,12H2,1-3H3. The van der Waals surface area contributed by atoms with Gasteiger partial charge < -0.3 is 9.30 Å². The number of hydrogen-bond donors (Lipinski definition) is 0. The highest BCUT2D eigenvalue weighted by Crippen LogP contribution is 2.27. The summed E-state index contributed by atoms with van der Waals surface area (Å²) in [6.07, 6.45) is 3.62. The Kier molecular flexibility index (Phi) is 4.25. The highest BCUT2D eigenvalue weighted by Gasteiger charge is 2.21. The van der Waals surface area contributed by atoms with Crippen LogP contribution in [0.25, 0.3) is 28.2 Å². The molecule has 0 saturated carbocycles. The topological polar surface area (TPSA) is 88.4 Å². The van der Waals surface area contributed by atoms with Crippen LogP contribution in [0.5, 0.6) is 5.75 Å². The average Bonchev–Trinajstić information content (AvgIpc) is 3.34. The van der Waals surface area contributed by atoms with Gasteiger partial charge in [-0.15, -0.1) is 0 Å². The van der Waals surface area contributed by atoms with Gasteiger partial charge in [-0.2, -0.15) is 4.98 Å². The molecule has 5 rings (SSSR count). The van der Waals surface area contributed by atoms with Gasteiger partial charge in [0, 0.05) is 32.1 Å². The Balaban J connectivity index is 1.84. The summed E-state index contributed by atoms with van der Waals surface area (Å²) in [5, 5.41) is 0. The summed E-state index contributed by atoms with van der Waals surface area (Å²) in [6, 6.07) is 13.4. The van der Waals surface area contributed by atoms with Crippen LogP contribution in [0.15, 0.2) is 64.4 Å². The number of benzene rings is 1. The van der Waals surface area contributed by atoms with E-state index in [0.29, 0.717) is 23.5 Å². The van der Waals surface area contributed by atoms with Gasteiger partial charge in [-0.25, -0.2) is 4.79 Å². The van der Waals surface area contributed by atoms with Crippen LogP contribution in [0, 0.1) is 0 Å². The van der Waals surface area contributed by atoms with E-state index in [1.54, 1.807) is 24.8 Å². The first-order chi connectivity index (χ1) is 15.0. The minimum Gasteiger partial charge on any atom is -0.497 e. The number of methoxy groups -OCH3 is 1. The molecule has 9 heteroatoms. The highest BCUT2D eigenvalue weighted by molar-refractivity contribution is 5.78. The summed E-state index contributed by atoms with van der Waals surface area (Å²) >= 11 is 0. The maximum Gasteiger partial charge on any atom is 0.332 e. The smallest absolute Gasteiger partial charge is 0.332 e. The van der Waals surface area contributed by atoms with Crippen LogP contribution in [0.1, 0.15) is 5.69 Å². The zero-order valence-corrected chi connectivity index (χ0v) is 17.3. The van der Waals surface area contributed by atoms with Gasteiger partial charge in [-0.1, -0.05) is 6.07 Å². The summed E-state index contributed by atoms with van der Waals surface area (Å²) in [5.41, 5.74) is 2.56. The molecule has 31 heavy (non-hydrogen) atoms. The number of pyridine rings is 1. The zero-order chi connectivity index (χ0) is 21.7. The van der Waals surface area contributed by atoms with Crippen molar-refractivity contribution in [1.82, 2.24) is 28.1 Å². The minimum absolute atomic E-state index is 0.346. The van der Waals surface area contributed by atoms with Gasteiger partial charge in [0.2, 0.25) is 5.78 Å². The van der Waals surface area contributed by atoms with Crippen molar-refractivity contribution >= 4 is 16.9 Å². The lowest BCUT2D eigenvalue weighted by atomic mass is 10.1. The summed E-state index contributed by atoms with van der Waals surface area (Å²) in [7, 11) is 4.71. The van der Waals surface area contributed by atoms with E-state index in [0.717, 1.165) is 27.3 Å². The SMILES string of the molecule is COc1ccc(-c2cn3c4c(=O)n(C)c(=O)n(C)c4nc3n2Cc2ccccn2)cc1. The molecule has 5 aromatic rings. The van der Waals surface area contributed by atoms with Crippen molar-refractivity contribution < 1.29 is 4.74 Å². The maximum atomic E-state index is 12.9. The Bertz CT molecular complexity index is 1540. The van der Waals surface area contributed by atoms with E-state index < -0.39 is 5.69 Å². The molecule has 0 N–H and O–H groups in total. The second kappa shape index (κ2) is 6.98. The van der Waals surface area contributed by atoms with E-state index in [9.17, 15) is 9.59 Å². The lowest BCUT2D eigenvalue weighted by Crippen LogP contribution is -2.37. The second-order valence-corrected chi connectivity index (χ2v) is 7.31. The van der Waals surface area contributed by atoms with Crippen molar-refractivity contribution in [2.75, 3.05) is 7.11 Å². The van der Waals surface area contributed by atoms with E-state index in [1.165, 1.54) is 11.6 Å². The predicted octanol–water partition coefficient (Wildman–Crippen LogP) is 1.81. The van der Waals surface area contributed by atoms with Crippen LogP contribution >= 0.6 is 0 Å². The largest absolute Gasteiger partial charge is 0.497 e. The van der Waals surface area contributed by atoms with Gasteiger partial charge in [0.1, 0.15) is 5.75 Å². The van der Waals surface area contributed by atoms with E-state index in [4.69, 9.17) is 4.74 Å². The van der Waals surface area contributed by atoms with Crippen molar-refractivity contribution in [2.24, 2.45) is 14.1 Å². The molecule has 0 aliphatic rings. The summed E-state index contributed by atoms with van der Waals surface area (Å²) in [6.45, 7) is 0.455. The van der Waals surface area contributed by atoms with Gasteiger partial charge in [-0.3, -0.25) is 23.3 Å². The Labute approximate surface area is 176 Å². The number of aromatic nitrogens is 6. The molecule has 9 nitrogen and oxygen atoms in total. The number of fused-ring (bicyclic) bond motifs is 3. The molecule has 1 aromatic carbocycles. The van der Waals surface area contributed by atoms with Crippen LogP contribution in [0.4, 0.5) is 0 Å². The van der Waals surface area contributed by atoms with Crippen molar-refractivity contribution in [2.45, 2.75) is 6.54 Å². The third-order valence-corrected chi connectivity index (χ3v) is 5.49. The minimum atomic E-state index is -0.412. The normalized spacial score (nSPS) is 11.5. The molecular formula is C22H20N6O3. The predicted molar refractivity (Wildman–Crippen MR) is 116 cm³/mol. The number of hydrogen-bond acceptors (Lipinski definition) is 5. The fourth-order valence-corrected chi connectivity index (χ4v) is 3.82. The quantitative estimate of drug-likeness (QED) is 0.446. The molecule has 0 aliphatic carbocycles. The van der Waals surface area contributed by atoms with Crippen molar-refractivity contribution in [3.05, 3.63) is 81.4 Å². The number of rotatable bonds is 4. The van der Waals surface area contributed by atoms with E-state index in [2.05, 4.69) is 9.97 Å². The van der Waals surface area contributed by atoms with Crippen LogP contribution < -0.4 is 16.0 Å². The van der Waals surface area contributed by atoms with Gasteiger partial charge in [0.05, 0.1) is 25.0 Å². The van der Waals surface area contributed by atoms with Gasteiger partial charge in [0.15, 0.2) is 11.2 Å². The van der Waals surface area contributed by atoms with Crippen molar-refractivity contribution in [3.8, 4) is 17.0 Å². The lowest BCUT2D eigenvalue weighted by Gasteiger charge is -2.09. The molecule has 0 bridgehead atoms. The molecule has 0 saturated heterocycles. The molecule has 156 valence electrons. The molecular weight excluding hydrogens is 396 g/mol. The number of nitrogens with zero attached hydrogens (tertiary/aromatic N) is 6. The number of imidazole rings is 2. The third-order valence-electron chi connectivity index (χ3n) is 5.49. The lowest BCUT2D eigenvalue weighted by molar-refractivity contribution is 0.415. The molecule has 0 radical (unpaired) electrons. The molecule has 4 aromatic heterocycles. The summed E-state index contributed by atoms with van der Waals surface area (Å²) in [4.78, 5) is 34.4. The molecule has 4 heterocycles. The Morgan fingerprint density at radius 3 is 2.45 bits per heavy atom. The fraction of sp³-hybridized carbons (Fsp3) is 0.182. The Hall–Kier alpha value is -4.14. The monoisotopic (exact) mass is 416 g/mol. The molecule has 0 atom stereocenters. The first-order valence-corrected chi connectivity index (χ1v) is 9.71. The fourth-order valence-electron chi connectivity index (χ4n) is 3.82. The van der Waals surface area contributed by atoms with Crippen molar-refractivity contribution in [3.63, 3.8) is 0 Å². The third kappa shape index (κ3) is 2.85. The van der Waals surface area contributed by atoms with Crippen LogP contribution in [0.2, 0.25) is 0 Å². The van der Waals surface area contributed by atoms with Gasteiger partial charge in [-0.05, 0) is 36.4 Å². The molecule has 0 unspecified atom stereocenters. The number of ether oxygens (including phenoxy) is 1. The molecule has 0 aliphatic heterocycles. The van der Waals surface area contributed by atoms with Crippen LogP contribution in [-0.4, -0.2) is 35.2 Å². The Morgan fingerprint density at radius 1 is 1.00 bits per heavy atom. The van der Waals surface area contributed by atoms with Gasteiger partial charge >= 0.3 is 5.69 Å². The van der Waals surface area contributed by atoms with Crippen LogP contribution in [0.3, 0.4) is 0 Å². The first kappa shape index (κ1) is 18.9. The maximum absolute atomic E-state index is 12.9. The summed E-state index contributed by atoms with van der Waals surface area (Å²) < 4.78 is 11.5. The number of aryl methyl sites for hydroxylation is 1. The molecule has 0 fully saturated rings. The zero-order valence-electron chi connectivity index (χ0n) is 17.3. The van der Waals surface area contributed by atoms with Crippen LogP contribution in [-0.2, 0) is 20.6 Å². The average molecular weight is 416 g/mol. The van der Waals surface area contributed by atoms with Crippen molar-refractivity contribution in [1.29, 1.82) is 0 Å². The summed E-state index contributed by atoms with van der Waals surface area (Å²) in [5.74, 6) is 1.32. The first-order valence-electron chi connectivity index (χ1n) is 9.71. The van der Waals surface area contributed by atoms with Gasteiger partial charge in [0.25, 0.3) is 5.56 Å². The van der Waals surface area contributed by atoms with E-state index in [1.807, 2.05) is 53.2 Å². The second-order valence-electron chi connectivity index (χ2n) is 7.31. The van der Waals surface area contributed by atoms with E-state index >= 15 is 0 Å².